The molecule has 1 N–H and O–H groups in total. The molecule has 2 aromatic carbocycles. The van der Waals surface area contributed by atoms with Crippen LogP contribution in [-0.4, -0.2) is 67.6 Å². The van der Waals surface area contributed by atoms with Crippen LogP contribution in [0.4, 0.5) is 0 Å². The van der Waals surface area contributed by atoms with Gasteiger partial charge in [-0.15, -0.1) is 0 Å². The summed E-state index contributed by atoms with van der Waals surface area (Å²) in [6.45, 7) is 3.54. The van der Waals surface area contributed by atoms with E-state index in [9.17, 15) is 9.59 Å². The van der Waals surface area contributed by atoms with Gasteiger partial charge in [0.1, 0.15) is 6.04 Å². The van der Waals surface area contributed by atoms with E-state index in [0.717, 1.165) is 5.56 Å². The summed E-state index contributed by atoms with van der Waals surface area (Å²) < 4.78 is 5.60. The molecule has 0 unspecified atom stereocenters. The van der Waals surface area contributed by atoms with Crippen LogP contribution >= 0.6 is 0 Å². The minimum Gasteiger partial charge on any atom is -0.381 e. The van der Waals surface area contributed by atoms with Crippen LogP contribution in [0.3, 0.4) is 0 Å². The molecule has 2 aliphatic rings. The summed E-state index contributed by atoms with van der Waals surface area (Å²) in [4.78, 5) is 30.7. The zero-order chi connectivity index (χ0) is 21.7. The second-order valence-electron chi connectivity index (χ2n) is 8.40. The van der Waals surface area contributed by atoms with Gasteiger partial charge in [0.15, 0.2) is 0 Å². The quantitative estimate of drug-likeness (QED) is 0.804. The maximum atomic E-state index is 13.9. The lowest BCUT2D eigenvalue weighted by Crippen LogP contribution is -2.62. The van der Waals surface area contributed by atoms with E-state index in [2.05, 4.69) is 22.3 Å². The summed E-state index contributed by atoms with van der Waals surface area (Å²) in [6, 6.07) is 19.9. The average molecular weight is 422 g/mol. The summed E-state index contributed by atoms with van der Waals surface area (Å²) >= 11 is 0. The monoisotopic (exact) mass is 421 g/mol. The Kier molecular flexibility index (Phi) is 6.68. The topological polar surface area (TPSA) is 61.9 Å². The molecule has 0 aromatic heterocycles. The van der Waals surface area contributed by atoms with Gasteiger partial charge in [0.25, 0.3) is 0 Å². The molecule has 6 heteroatoms. The number of amides is 2. The largest absolute Gasteiger partial charge is 0.381 e. The summed E-state index contributed by atoms with van der Waals surface area (Å²) in [5.74, 6) is 0.0735. The van der Waals surface area contributed by atoms with Crippen LogP contribution in [0.5, 0.6) is 0 Å². The van der Waals surface area contributed by atoms with E-state index in [-0.39, 0.29) is 17.9 Å². The molecule has 164 valence electrons. The third-order valence-electron chi connectivity index (χ3n) is 6.64. The lowest BCUT2D eigenvalue weighted by molar-refractivity contribution is -0.146. The number of nitrogens with one attached hydrogen (secondary N) is 1. The van der Waals surface area contributed by atoms with Crippen LogP contribution in [0, 0.1) is 0 Å². The molecule has 0 saturated carbocycles. The van der Waals surface area contributed by atoms with Crippen molar-refractivity contribution < 1.29 is 14.3 Å². The SMILES string of the molecule is CNC(=O)[C@@H]1CN(C(=O)C2(c3ccccc3)CCOCC2)CCN1Cc1ccccc1. The molecule has 1 atom stereocenters. The fourth-order valence-electron chi connectivity index (χ4n) is 4.83. The number of ether oxygens (including phenoxy) is 1. The molecule has 2 saturated heterocycles. The smallest absolute Gasteiger partial charge is 0.238 e. The average Bonchev–Trinajstić information content (AvgIpc) is 2.85. The van der Waals surface area contributed by atoms with Gasteiger partial charge in [-0.2, -0.15) is 0 Å². The standard InChI is InChI=1S/C25H31N3O3/c1-26-23(29)22-19-28(15-14-27(22)18-20-8-4-2-5-9-20)24(30)25(12-16-31-17-13-25)21-10-6-3-7-11-21/h2-11,22H,12-19H2,1H3,(H,26,29)/t22-/m0/s1. The summed E-state index contributed by atoms with van der Waals surface area (Å²) in [5.41, 5.74) is 1.64. The Labute approximate surface area is 184 Å². The van der Waals surface area contributed by atoms with Crippen LogP contribution in [-0.2, 0) is 26.3 Å². The lowest BCUT2D eigenvalue weighted by Gasteiger charge is -2.45. The molecular formula is C25H31N3O3. The van der Waals surface area contributed by atoms with Crippen molar-refractivity contribution in [2.75, 3.05) is 39.9 Å². The van der Waals surface area contributed by atoms with Crippen LogP contribution in [0.1, 0.15) is 24.0 Å². The zero-order valence-corrected chi connectivity index (χ0v) is 18.1. The van der Waals surface area contributed by atoms with E-state index in [1.807, 2.05) is 53.4 Å². The van der Waals surface area contributed by atoms with Crippen molar-refractivity contribution in [1.29, 1.82) is 0 Å². The van der Waals surface area contributed by atoms with Crippen molar-refractivity contribution in [3.05, 3.63) is 71.8 Å². The molecule has 2 aromatic rings. The predicted octanol–water partition coefficient (Wildman–Crippen LogP) is 2.19. The van der Waals surface area contributed by atoms with Crippen LogP contribution in [0.2, 0.25) is 0 Å². The first kappa shape index (κ1) is 21.5. The molecule has 0 aliphatic carbocycles. The van der Waals surface area contributed by atoms with Crippen molar-refractivity contribution in [3.8, 4) is 0 Å². The molecule has 4 rings (SSSR count). The van der Waals surface area contributed by atoms with Crippen molar-refractivity contribution >= 4 is 11.8 Å². The molecule has 2 aliphatic heterocycles. The highest BCUT2D eigenvalue weighted by molar-refractivity contribution is 5.90. The first-order valence-corrected chi connectivity index (χ1v) is 11.1. The molecule has 0 spiro atoms. The van der Waals surface area contributed by atoms with Gasteiger partial charge in [-0.1, -0.05) is 60.7 Å². The van der Waals surface area contributed by atoms with Crippen LogP contribution < -0.4 is 5.32 Å². The van der Waals surface area contributed by atoms with Gasteiger partial charge >= 0.3 is 0 Å². The number of carbonyl (C=O) groups excluding carboxylic acids is 2. The highest BCUT2D eigenvalue weighted by atomic mass is 16.5. The maximum absolute atomic E-state index is 13.9. The third kappa shape index (κ3) is 4.50. The maximum Gasteiger partial charge on any atom is 0.238 e. The fraction of sp³-hybridized carbons (Fsp3) is 0.440. The van der Waals surface area contributed by atoms with Gasteiger partial charge in [0.05, 0.1) is 5.41 Å². The van der Waals surface area contributed by atoms with E-state index >= 15 is 0 Å². The second-order valence-corrected chi connectivity index (χ2v) is 8.40. The van der Waals surface area contributed by atoms with E-state index in [4.69, 9.17) is 4.74 Å². The number of carbonyl (C=O) groups is 2. The van der Waals surface area contributed by atoms with Gasteiger partial charge in [0.2, 0.25) is 11.8 Å². The summed E-state index contributed by atoms with van der Waals surface area (Å²) in [6.07, 6.45) is 1.34. The first-order valence-electron chi connectivity index (χ1n) is 11.1. The molecule has 2 amide bonds. The Bertz CT molecular complexity index is 881. The highest BCUT2D eigenvalue weighted by Gasteiger charge is 2.46. The van der Waals surface area contributed by atoms with Gasteiger partial charge in [0, 0.05) is 46.4 Å². The van der Waals surface area contributed by atoms with Gasteiger partial charge in [-0.3, -0.25) is 14.5 Å². The molecule has 2 fully saturated rings. The van der Waals surface area contributed by atoms with Crippen molar-refractivity contribution in [1.82, 2.24) is 15.1 Å². The molecule has 0 radical (unpaired) electrons. The van der Waals surface area contributed by atoms with E-state index in [1.54, 1.807) is 7.05 Å². The van der Waals surface area contributed by atoms with Crippen molar-refractivity contribution in [2.45, 2.75) is 30.8 Å². The first-order chi connectivity index (χ1) is 15.1. The zero-order valence-electron chi connectivity index (χ0n) is 18.1. The molecule has 0 bridgehead atoms. The predicted molar refractivity (Wildman–Crippen MR) is 119 cm³/mol. The summed E-state index contributed by atoms with van der Waals surface area (Å²) in [7, 11) is 1.66. The number of likely N-dealkylation sites (N-methyl/N-ethyl adjacent to an activating group) is 1. The fourth-order valence-corrected chi connectivity index (χ4v) is 4.83. The Morgan fingerprint density at radius 2 is 1.65 bits per heavy atom. The Hall–Kier alpha value is -2.70. The third-order valence-corrected chi connectivity index (χ3v) is 6.64. The van der Waals surface area contributed by atoms with Gasteiger partial charge in [-0.05, 0) is 24.0 Å². The number of rotatable bonds is 5. The normalized spacial score (nSPS) is 21.5. The summed E-state index contributed by atoms with van der Waals surface area (Å²) in [5, 5.41) is 2.79. The van der Waals surface area contributed by atoms with Crippen LogP contribution in [0.15, 0.2) is 60.7 Å². The van der Waals surface area contributed by atoms with Crippen LogP contribution in [0.25, 0.3) is 0 Å². The van der Waals surface area contributed by atoms with E-state index < -0.39 is 5.41 Å². The van der Waals surface area contributed by atoms with Crippen molar-refractivity contribution in [3.63, 3.8) is 0 Å². The number of hydrogen-bond donors (Lipinski definition) is 1. The van der Waals surface area contributed by atoms with Crippen molar-refractivity contribution in [2.24, 2.45) is 0 Å². The Morgan fingerprint density at radius 3 is 2.29 bits per heavy atom. The molecule has 2 heterocycles. The molecule has 31 heavy (non-hydrogen) atoms. The molecular weight excluding hydrogens is 390 g/mol. The van der Waals surface area contributed by atoms with Gasteiger partial charge < -0.3 is 15.0 Å². The minimum atomic E-state index is -0.575. The second kappa shape index (κ2) is 9.62. The van der Waals surface area contributed by atoms with Gasteiger partial charge in [-0.25, -0.2) is 0 Å². The van der Waals surface area contributed by atoms with E-state index in [1.165, 1.54) is 5.56 Å². The number of nitrogens with zero attached hydrogens (tertiary/aromatic N) is 2. The lowest BCUT2D eigenvalue weighted by atomic mass is 9.72. The Balaban J connectivity index is 1.56. The minimum absolute atomic E-state index is 0.0471. The number of hydrogen-bond acceptors (Lipinski definition) is 4. The van der Waals surface area contributed by atoms with E-state index in [0.29, 0.717) is 52.2 Å². The molecule has 6 nitrogen and oxygen atoms in total. The highest BCUT2D eigenvalue weighted by Crippen LogP contribution is 2.37. The Morgan fingerprint density at radius 1 is 1.00 bits per heavy atom. The number of benzene rings is 2. The number of piperazine rings is 1.